The van der Waals surface area contributed by atoms with Crippen molar-refractivity contribution in [3.63, 3.8) is 0 Å². The minimum absolute atomic E-state index is 0.229. The number of aliphatic hydroxyl groups is 1. The Morgan fingerprint density at radius 2 is 2.10 bits per heavy atom. The number of nitrogens with zero attached hydrogens (tertiary/aromatic N) is 2. The smallest absolute Gasteiger partial charge is 0.244 e. The van der Waals surface area contributed by atoms with E-state index < -0.39 is 10.0 Å². The van der Waals surface area contributed by atoms with Crippen LogP contribution in [0.2, 0.25) is 0 Å². The van der Waals surface area contributed by atoms with Crippen molar-refractivity contribution in [2.75, 3.05) is 39.4 Å². The molecule has 3 heterocycles. The number of hydrogen-bond acceptors (Lipinski definition) is 6. The van der Waals surface area contributed by atoms with Gasteiger partial charge in [0.2, 0.25) is 10.0 Å². The summed E-state index contributed by atoms with van der Waals surface area (Å²) < 4.78 is 32.3. The number of hydrogen-bond donors (Lipinski definition) is 1. The highest BCUT2D eigenvalue weighted by molar-refractivity contribution is 7.89. The zero-order valence-electron chi connectivity index (χ0n) is 11.8. The summed E-state index contributed by atoms with van der Waals surface area (Å²) in [5.41, 5.74) is 0. The van der Waals surface area contributed by atoms with Crippen molar-refractivity contribution in [3.8, 4) is 0 Å². The molecule has 2 fully saturated rings. The second kappa shape index (κ2) is 6.31. The maximum absolute atomic E-state index is 12.7. The van der Waals surface area contributed by atoms with Crippen LogP contribution < -0.4 is 0 Å². The van der Waals surface area contributed by atoms with E-state index >= 15 is 0 Å². The van der Waals surface area contributed by atoms with Crippen molar-refractivity contribution in [2.24, 2.45) is 0 Å². The Morgan fingerprint density at radius 3 is 2.81 bits per heavy atom. The molecule has 2 aliphatic heterocycles. The van der Waals surface area contributed by atoms with Crippen LogP contribution in [-0.4, -0.2) is 68.2 Å². The van der Waals surface area contributed by atoms with E-state index in [4.69, 9.17) is 4.74 Å². The molecule has 0 radical (unpaired) electrons. The Kier molecular flexibility index (Phi) is 4.63. The molecular weight excluding hydrogens is 312 g/mol. The highest BCUT2D eigenvalue weighted by Crippen LogP contribution is 2.28. The molecule has 0 saturated carbocycles. The quantitative estimate of drug-likeness (QED) is 0.861. The number of aliphatic hydroxyl groups excluding tert-OH is 1. The van der Waals surface area contributed by atoms with E-state index in [1.165, 1.54) is 11.3 Å². The van der Waals surface area contributed by atoms with E-state index in [1.807, 2.05) is 0 Å². The number of sulfonamides is 1. The molecule has 3 rings (SSSR count). The summed E-state index contributed by atoms with van der Waals surface area (Å²) in [5.74, 6) is 0. The zero-order valence-corrected chi connectivity index (χ0v) is 13.4. The Labute approximate surface area is 129 Å². The summed E-state index contributed by atoms with van der Waals surface area (Å²) in [7, 11) is -3.48. The van der Waals surface area contributed by atoms with Crippen LogP contribution in [0.15, 0.2) is 16.3 Å². The minimum Gasteiger partial charge on any atom is -0.391 e. The van der Waals surface area contributed by atoms with Crippen molar-refractivity contribution < 1.29 is 18.3 Å². The molecule has 2 aliphatic rings. The molecule has 1 N–H and O–H groups in total. The van der Waals surface area contributed by atoms with Gasteiger partial charge in [-0.15, -0.1) is 11.3 Å². The predicted octanol–water partition coefficient (Wildman–Crippen LogP) is 0.336. The predicted molar refractivity (Wildman–Crippen MR) is 79.8 cm³/mol. The van der Waals surface area contributed by atoms with E-state index in [-0.39, 0.29) is 17.5 Å². The fourth-order valence-electron chi connectivity index (χ4n) is 2.98. The van der Waals surface area contributed by atoms with Crippen LogP contribution in [-0.2, 0) is 21.4 Å². The van der Waals surface area contributed by atoms with Crippen LogP contribution in [0, 0.1) is 0 Å². The lowest BCUT2D eigenvalue weighted by Crippen LogP contribution is -2.45. The SMILES string of the molecule is O=S(=O)(c1ccsc1CO)N1CCC(N2CCOCC2)C1. The second-order valence-electron chi connectivity index (χ2n) is 5.32. The summed E-state index contributed by atoms with van der Waals surface area (Å²) in [6, 6.07) is 1.87. The Bertz CT molecular complexity index is 581. The molecule has 0 amide bonds. The van der Waals surface area contributed by atoms with Crippen LogP contribution in [0.4, 0.5) is 0 Å². The Balaban J connectivity index is 1.73. The average Bonchev–Trinajstić information content (AvgIpc) is 3.17. The first-order valence-corrected chi connectivity index (χ1v) is 9.44. The average molecular weight is 332 g/mol. The molecule has 6 nitrogen and oxygen atoms in total. The van der Waals surface area contributed by atoms with Gasteiger partial charge in [0, 0.05) is 37.1 Å². The van der Waals surface area contributed by atoms with Crippen LogP contribution in [0.25, 0.3) is 0 Å². The topological polar surface area (TPSA) is 70.1 Å². The van der Waals surface area contributed by atoms with Gasteiger partial charge in [0.15, 0.2) is 0 Å². The monoisotopic (exact) mass is 332 g/mol. The maximum atomic E-state index is 12.7. The van der Waals surface area contributed by atoms with Gasteiger partial charge in [-0.25, -0.2) is 8.42 Å². The van der Waals surface area contributed by atoms with Gasteiger partial charge in [-0.3, -0.25) is 4.90 Å². The zero-order chi connectivity index (χ0) is 14.9. The van der Waals surface area contributed by atoms with Crippen LogP contribution in [0.3, 0.4) is 0 Å². The number of thiophene rings is 1. The molecule has 2 saturated heterocycles. The molecule has 0 aromatic carbocycles. The summed E-state index contributed by atoms with van der Waals surface area (Å²) in [5, 5.41) is 11.0. The van der Waals surface area contributed by atoms with Crippen molar-refractivity contribution in [3.05, 3.63) is 16.3 Å². The summed E-state index contributed by atoms with van der Waals surface area (Å²) in [4.78, 5) is 3.10. The second-order valence-corrected chi connectivity index (χ2v) is 8.23. The third-order valence-electron chi connectivity index (χ3n) is 4.15. The van der Waals surface area contributed by atoms with Gasteiger partial charge in [-0.05, 0) is 17.9 Å². The standard InChI is InChI=1S/C13H20N2O4S2/c16-10-12-13(2-8-20-12)21(17,18)15-3-1-11(9-15)14-4-6-19-7-5-14/h2,8,11,16H,1,3-7,9-10H2. The van der Waals surface area contributed by atoms with Gasteiger partial charge >= 0.3 is 0 Å². The third-order valence-corrected chi connectivity index (χ3v) is 7.14. The van der Waals surface area contributed by atoms with Gasteiger partial charge < -0.3 is 9.84 Å². The molecular formula is C13H20N2O4S2. The highest BCUT2D eigenvalue weighted by atomic mass is 32.2. The maximum Gasteiger partial charge on any atom is 0.244 e. The molecule has 1 aromatic heterocycles. The highest BCUT2D eigenvalue weighted by Gasteiger charge is 2.36. The molecule has 1 atom stereocenters. The summed E-state index contributed by atoms with van der Waals surface area (Å²) >= 11 is 1.28. The van der Waals surface area contributed by atoms with E-state index in [0.29, 0.717) is 18.0 Å². The van der Waals surface area contributed by atoms with E-state index in [0.717, 1.165) is 32.7 Å². The first kappa shape index (κ1) is 15.4. The first-order valence-electron chi connectivity index (χ1n) is 7.12. The Morgan fingerprint density at radius 1 is 1.33 bits per heavy atom. The van der Waals surface area contributed by atoms with Gasteiger partial charge in [-0.1, -0.05) is 0 Å². The van der Waals surface area contributed by atoms with Crippen LogP contribution >= 0.6 is 11.3 Å². The van der Waals surface area contributed by atoms with Crippen molar-refractivity contribution in [1.82, 2.24) is 9.21 Å². The van der Waals surface area contributed by atoms with E-state index in [1.54, 1.807) is 15.8 Å². The molecule has 0 bridgehead atoms. The first-order chi connectivity index (χ1) is 10.1. The van der Waals surface area contributed by atoms with Gasteiger partial charge in [0.05, 0.1) is 24.7 Å². The lowest BCUT2D eigenvalue weighted by molar-refractivity contribution is 0.0197. The number of morpholine rings is 1. The van der Waals surface area contributed by atoms with Crippen molar-refractivity contribution >= 4 is 21.4 Å². The molecule has 1 aromatic rings. The Hall–Kier alpha value is -0.510. The van der Waals surface area contributed by atoms with Gasteiger partial charge in [0.1, 0.15) is 0 Å². The fraction of sp³-hybridized carbons (Fsp3) is 0.692. The van der Waals surface area contributed by atoms with E-state index in [2.05, 4.69) is 4.90 Å². The summed E-state index contributed by atoms with van der Waals surface area (Å²) in [6.45, 7) is 4.05. The van der Waals surface area contributed by atoms with E-state index in [9.17, 15) is 13.5 Å². The van der Waals surface area contributed by atoms with Crippen molar-refractivity contribution in [2.45, 2.75) is 24.0 Å². The molecule has 118 valence electrons. The number of ether oxygens (including phenoxy) is 1. The molecule has 0 aliphatic carbocycles. The van der Waals surface area contributed by atoms with Crippen LogP contribution in [0.5, 0.6) is 0 Å². The van der Waals surface area contributed by atoms with Gasteiger partial charge in [0.25, 0.3) is 0 Å². The van der Waals surface area contributed by atoms with Crippen LogP contribution in [0.1, 0.15) is 11.3 Å². The normalized spacial score (nSPS) is 25.5. The largest absolute Gasteiger partial charge is 0.391 e. The molecule has 0 spiro atoms. The molecule has 8 heteroatoms. The van der Waals surface area contributed by atoms with Crippen molar-refractivity contribution in [1.29, 1.82) is 0 Å². The third kappa shape index (κ3) is 3.01. The number of rotatable bonds is 4. The van der Waals surface area contributed by atoms with Gasteiger partial charge in [-0.2, -0.15) is 4.31 Å². The molecule has 1 unspecified atom stereocenters. The lowest BCUT2D eigenvalue weighted by atomic mass is 10.2. The fourth-order valence-corrected chi connectivity index (χ4v) is 5.74. The molecule has 21 heavy (non-hydrogen) atoms. The minimum atomic E-state index is -3.48. The lowest BCUT2D eigenvalue weighted by Gasteiger charge is -2.32. The summed E-state index contributed by atoms with van der Waals surface area (Å²) in [6.07, 6.45) is 0.859.